The van der Waals surface area contributed by atoms with Crippen molar-refractivity contribution in [3.05, 3.63) is 34.9 Å². The first-order valence-electron chi connectivity index (χ1n) is 4.66. The lowest BCUT2D eigenvalue weighted by atomic mass is 10.2. The number of hydrogen-bond donors (Lipinski definition) is 1. The molecular weight excluding hydrogens is 247 g/mol. The summed E-state index contributed by atoms with van der Waals surface area (Å²) in [5.41, 5.74) is 5.81. The van der Waals surface area contributed by atoms with Crippen LogP contribution in [0.1, 0.15) is 5.56 Å². The standard InChI is InChI=1S/C10H8ClFN4O/c1-5-3-2-4-6(7(5)12)17-10-15-8(11)14-9(13)16-10/h2-4H,1H3,(H2,13,14,15,16). The van der Waals surface area contributed by atoms with E-state index in [1.807, 2.05) is 0 Å². The third-order valence-corrected chi connectivity index (χ3v) is 2.13. The Morgan fingerprint density at radius 1 is 1.29 bits per heavy atom. The largest absolute Gasteiger partial charge is 0.421 e. The summed E-state index contributed by atoms with van der Waals surface area (Å²) in [6.07, 6.45) is 0. The molecule has 2 rings (SSSR count). The molecule has 0 aliphatic carbocycles. The molecule has 0 amide bonds. The average Bonchev–Trinajstić information content (AvgIpc) is 2.23. The Hall–Kier alpha value is -1.95. The molecule has 17 heavy (non-hydrogen) atoms. The van der Waals surface area contributed by atoms with Crippen molar-refractivity contribution >= 4 is 17.5 Å². The minimum Gasteiger partial charge on any atom is -0.421 e. The van der Waals surface area contributed by atoms with Gasteiger partial charge >= 0.3 is 6.01 Å². The van der Waals surface area contributed by atoms with E-state index in [4.69, 9.17) is 22.1 Å². The molecule has 0 unspecified atom stereocenters. The van der Waals surface area contributed by atoms with Crippen molar-refractivity contribution in [1.29, 1.82) is 0 Å². The Bertz CT molecular complexity index is 544. The van der Waals surface area contributed by atoms with Crippen LogP contribution in [0.3, 0.4) is 0 Å². The second kappa shape index (κ2) is 4.50. The maximum atomic E-state index is 13.6. The number of halogens is 2. The van der Waals surface area contributed by atoms with Crippen LogP contribution < -0.4 is 10.5 Å². The number of aryl methyl sites for hydroxylation is 1. The van der Waals surface area contributed by atoms with Gasteiger partial charge in [0.05, 0.1) is 0 Å². The Labute approximate surface area is 101 Å². The fraction of sp³-hybridized carbons (Fsp3) is 0.100. The molecule has 1 aromatic heterocycles. The summed E-state index contributed by atoms with van der Waals surface area (Å²) in [7, 11) is 0. The van der Waals surface area contributed by atoms with Gasteiger partial charge in [-0.2, -0.15) is 15.0 Å². The molecule has 2 N–H and O–H groups in total. The molecule has 2 aromatic rings. The normalized spacial score (nSPS) is 10.3. The predicted molar refractivity (Wildman–Crippen MR) is 60.5 cm³/mol. The van der Waals surface area contributed by atoms with E-state index in [-0.39, 0.29) is 23.0 Å². The molecule has 0 atom stereocenters. The lowest BCUT2D eigenvalue weighted by molar-refractivity contribution is 0.408. The molecule has 7 heteroatoms. The van der Waals surface area contributed by atoms with Crippen LogP contribution in [-0.2, 0) is 0 Å². The molecule has 0 radical (unpaired) electrons. The lowest BCUT2D eigenvalue weighted by Gasteiger charge is -2.06. The molecule has 0 saturated carbocycles. The fourth-order valence-electron chi connectivity index (χ4n) is 1.19. The number of benzene rings is 1. The summed E-state index contributed by atoms with van der Waals surface area (Å²) < 4.78 is 18.8. The highest BCUT2D eigenvalue weighted by atomic mass is 35.5. The molecule has 88 valence electrons. The zero-order valence-electron chi connectivity index (χ0n) is 8.82. The highest BCUT2D eigenvalue weighted by molar-refractivity contribution is 6.28. The van der Waals surface area contributed by atoms with E-state index in [9.17, 15) is 4.39 Å². The van der Waals surface area contributed by atoms with Crippen molar-refractivity contribution in [1.82, 2.24) is 15.0 Å². The van der Waals surface area contributed by atoms with Gasteiger partial charge in [-0.3, -0.25) is 0 Å². The Kier molecular flexibility index (Phi) is 3.06. The van der Waals surface area contributed by atoms with Crippen LogP contribution >= 0.6 is 11.6 Å². The van der Waals surface area contributed by atoms with Gasteiger partial charge in [0, 0.05) is 0 Å². The van der Waals surface area contributed by atoms with Gasteiger partial charge in [0.15, 0.2) is 11.6 Å². The quantitative estimate of drug-likeness (QED) is 0.890. The van der Waals surface area contributed by atoms with Crippen LogP contribution in [0.5, 0.6) is 11.8 Å². The number of hydrogen-bond acceptors (Lipinski definition) is 5. The Balaban J connectivity index is 2.34. The average molecular weight is 255 g/mol. The fourth-order valence-corrected chi connectivity index (χ4v) is 1.35. The summed E-state index contributed by atoms with van der Waals surface area (Å²) >= 11 is 5.57. The monoisotopic (exact) mass is 254 g/mol. The van der Waals surface area contributed by atoms with Gasteiger partial charge in [-0.05, 0) is 30.2 Å². The molecule has 5 nitrogen and oxygen atoms in total. The van der Waals surface area contributed by atoms with E-state index in [1.165, 1.54) is 6.07 Å². The van der Waals surface area contributed by atoms with E-state index < -0.39 is 5.82 Å². The molecule has 0 aliphatic rings. The number of nitrogen functional groups attached to an aromatic ring is 1. The van der Waals surface area contributed by atoms with Crippen molar-refractivity contribution < 1.29 is 9.13 Å². The van der Waals surface area contributed by atoms with Gasteiger partial charge in [0.2, 0.25) is 11.2 Å². The van der Waals surface area contributed by atoms with E-state index >= 15 is 0 Å². The molecule has 0 bridgehead atoms. The number of anilines is 1. The molecule has 1 aromatic carbocycles. The van der Waals surface area contributed by atoms with Gasteiger partial charge in [-0.1, -0.05) is 12.1 Å². The van der Waals surface area contributed by atoms with E-state index in [0.29, 0.717) is 5.56 Å². The zero-order valence-corrected chi connectivity index (χ0v) is 9.57. The third-order valence-electron chi connectivity index (χ3n) is 1.96. The number of ether oxygens (including phenoxy) is 1. The predicted octanol–water partition coefficient (Wildman–Crippen LogP) is 2.35. The topological polar surface area (TPSA) is 73.9 Å². The van der Waals surface area contributed by atoms with Gasteiger partial charge in [0.1, 0.15) is 0 Å². The van der Waals surface area contributed by atoms with Crippen LogP contribution in [0.2, 0.25) is 5.28 Å². The molecule has 0 fully saturated rings. The van der Waals surface area contributed by atoms with Crippen LogP contribution in [0.4, 0.5) is 10.3 Å². The van der Waals surface area contributed by atoms with Gasteiger partial charge in [-0.25, -0.2) is 4.39 Å². The zero-order chi connectivity index (χ0) is 12.4. The van der Waals surface area contributed by atoms with Crippen LogP contribution in [0, 0.1) is 12.7 Å². The third kappa shape index (κ3) is 2.59. The van der Waals surface area contributed by atoms with Gasteiger partial charge in [-0.15, -0.1) is 0 Å². The first kappa shape index (κ1) is 11.5. The Morgan fingerprint density at radius 3 is 2.76 bits per heavy atom. The number of nitrogens with two attached hydrogens (primary N) is 1. The van der Waals surface area contributed by atoms with Crippen molar-refractivity contribution in [3.8, 4) is 11.8 Å². The summed E-state index contributed by atoms with van der Waals surface area (Å²) in [6, 6.07) is 4.58. The molecular formula is C10H8ClFN4O. The van der Waals surface area contributed by atoms with Crippen molar-refractivity contribution in [2.24, 2.45) is 0 Å². The first-order chi connectivity index (χ1) is 8.06. The maximum Gasteiger partial charge on any atom is 0.328 e. The van der Waals surface area contributed by atoms with Gasteiger partial charge in [0.25, 0.3) is 0 Å². The number of aromatic nitrogens is 3. The summed E-state index contributed by atoms with van der Waals surface area (Å²) in [5, 5.41) is -0.111. The maximum absolute atomic E-state index is 13.6. The van der Waals surface area contributed by atoms with E-state index in [2.05, 4.69) is 15.0 Å². The molecule has 0 spiro atoms. The van der Waals surface area contributed by atoms with Crippen LogP contribution in [0.15, 0.2) is 18.2 Å². The summed E-state index contributed by atoms with van der Waals surface area (Å²) in [4.78, 5) is 10.9. The Morgan fingerprint density at radius 2 is 2.06 bits per heavy atom. The molecule has 0 aliphatic heterocycles. The second-order valence-electron chi connectivity index (χ2n) is 3.23. The molecule has 0 saturated heterocycles. The van der Waals surface area contributed by atoms with E-state index in [1.54, 1.807) is 19.1 Å². The van der Waals surface area contributed by atoms with Crippen molar-refractivity contribution in [2.45, 2.75) is 6.92 Å². The smallest absolute Gasteiger partial charge is 0.328 e. The minimum atomic E-state index is -0.484. The highest BCUT2D eigenvalue weighted by Gasteiger charge is 2.10. The second-order valence-corrected chi connectivity index (χ2v) is 3.57. The summed E-state index contributed by atoms with van der Waals surface area (Å²) in [5.74, 6) is -0.567. The van der Waals surface area contributed by atoms with Crippen molar-refractivity contribution in [2.75, 3.05) is 5.73 Å². The van der Waals surface area contributed by atoms with Crippen LogP contribution in [0.25, 0.3) is 0 Å². The van der Waals surface area contributed by atoms with E-state index in [0.717, 1.165) is 0 Å². The number of rotatable bonds is 2. The lowest BCUT2D eigenvalue weighted by Crippen LogP contribution is -2.01. The highest BCUT2D eigenvalue weighted by Crippen LogP contribution is 2.24. The SMILES string of the molecule is Cc1cccc(Oc2nc(N)nc(Cl)n2)c1F. The minimum absolute atomic E-state index is 0.00617. The first-order valence-corrected chi connectivity index (χ1v) is 5.04. The number of nitrogens with zero attached hydrogens (tertiary/aromatic N) is 3. The summed E-state index contributed by atoms with van der Waals surface area (Å²) in [6.45, 7) is 1.62. The van der Waals surface area contributed by atoms with Crippen LogP contribution in [-0.4, -0.2) is 15.0 Å². The molecule has 1 heterocycles. The van der Waals surface area contributed by atoms with Crippen molar-refractivity contribution in [3.63, 3.8) is 0 Å². The van der Waals surface area contributed by atoms with Gasteiger partial charge < -0.3 is 10.5 Å².